The smallest absolute Gasteiger partial charge is 0.347 e. The average molecular weight is 299 g/mol. The van der Waals surface area contributed by atoms with Gasteiger partial charge in [-0.1, -0.05) is 12.1 Å². The molecule has 8 heteroatoms. The summed E-state index contributed by atoms with van der Waals surface area (Å²) < 4.78 is 37.2. The number of benzene rings is 1. The number of nitrogens with one attached hydrogen (secondary N) is 2. The van der Waals surface area contributed by atoms with Crippen molar-refractivity contribution in [2.24, 2.45) is 5.10 Å². The summed E-state index contributed by atoms with van der Waals surface area (Å²) in [4.78, 5) is 22.6. The zero-order valence-corrected chi connectivity index (χ0v) is 10.8. The first kappa shape index (κ1) is 15.0. The van der Waals surface area contributed by atoms with Crippen LogP contribution in [0.1, 0.15) is 24.0 Å². The van der Waals surface area contributed by atoms with E-state index in [0.717, 1.165) is 12.1 Å². The Labute approximate surface area is 118 Å². The number of alkyl halides is 3. The lowest BCUT2D eigenvalue weighted by atomic mass is 10.1. The molecule has 0 radical (unpaired) electrons. The van der Waals surface area contributed by atoms with Crippen LogP contribution in [-0.4, -0.2) is 17.5 Å². The van der Waals surface area contributed by atoms with Crippen molar-refractivity contribution in [1.82, 2.24) is 10.7 Å². The fourth-order valence-corrected chi connectivity index (χ4v) is 1.73. The third-order valence-corrected chi connectivity index (χ3v) is 2.90. The molecule has 0 fully saturated rings. The Balaban J connectivity index is 1.91. The standard InChI is InChI=1S/C13H12F3N3O2/c14-13(15,16)9-3-1-8(2-4-9)7-17-12(21)10-5-6-11(20)19-18-10/h1-4H,5-7H2,(H,17,21)(H,19,20). The van der Waals surface area contributed by atoms with Crippen molar-refractivity contribution in [3.05, 3.63) is 35.4 Å². The van der Waals surface area contributed by atoms with E-state index in [2.05, 4.69) is 15.8 Å². The van der Waals surface area contributed by atoms with Crippen LogP contribution in [0.5, 0.6) is 0 Å². The van der Waals surface area contributed by atoms with Gasteiger partial charge < -0.3 is 5.32 Å². The molecule has 0 aromatic heterocycles. The van der Waals surface area contributed by atoms with Crippen LogP contribution in [-0.2, 0) is 22.3 Å². The molecule has 0 saturated heterocycles. The lowest BCUT2D eigenvalue weighted by Crippen LogP contribution is -2.36. The number of rotatable bonds is 3. The minimum Gasteiger partial charge on any atom is -0.347 e. The van der Waals surface area contributed by atoms with Gasteiger partial charge in [0.15, 0.2) is 0 Å². The Morgan fingerprint density at radius 2 is 1.90 bits per heavy atom. The number of carbonyl (C=O) groups is 2. The molecule has 0 atom stereocenters. The van der Waals surface area contributed by atoms with Crippen molar-refractivity contribution in [2.45, 2.75) is 25.6 Å². The zero-order chi connectivity index (χ0) is 15.5. The highest BCUT2D eigenvalue weighted by Gasteiger charge is 2.29. The molecule has 1 aliphatic heterocycles. The first-order valence-electron chi connectivity index (χ1n) is 6.16. The maximum atomic E-state index is 12.4. The number of hydrogen-bond acceptors (Lipinski definition) is 3. The molecular weight excluding hydrogens is 287 g/mol. The molecule has 0 bridgehead atoms. The number of hydrazone groups is 1. The predicted molar refractivity (Wildman–Crippen MR) is 68.1 cm³/mol. The Hall–Kier alpha value is -2.38. The van der Waals surface area contributed by atoms with Gasteiger partial charge >= 0.3 is 6.18 Å². The quantitative estimate of drug-likeness (QED) is 0.889. The number of hydrogen-bond donors (Lipinski definition) is 2. The van der Waals surface area contributed by atoms with E-state index in [9.17, 15) is 22.8 Å². The van der Waals surface area contributed by atoms with Crippen LogP contribution in [0.15, 0.2) is 29.4 Å². The number of nitrogens with zero attached hydrogens (tertiary/aromatic N) is 1. The van der Waals surface area contributed by atoms with Gasteiger partial charge in [-0.05, 0) is 17.7 Å². The first-order chi connectivity index (χ1) is 9.86. The monoisotopic (exact) mass is 299 g/mol. The van der Waals surface area contributed by atoms with Gasteiger partial charge in [0.2, 0.25) is 5.91 Å². The maximum Gasteiger partial charge on any atom is 0.416 e. The minimum atomic E-state index is -4.38. The van der Waals surface area contributed by atoms with E-state index in [1.54, 1.807) is 0 Å². The van der Waals surface area contributed by atoms with Crippen molar-refractivity contribution in [3.8, 4) is 0 Å². The Morgan fingerprint density at radius 1 is 1.24 bits per heavy atom. The Morgan fingerprint density at radius 3 is 2.43 bits per heavy atom. The molecule has 0 aliphatic carbocycles. The molecule has 5 nitrogen and oxygen atoms in total. The molecule has 1 aromatic carbocycles. The highest BCUT2D eigenvalue weighted by atomic mass is 19.4. The van der Waals surface area contributed by atoms with Crippen LogP contribution >= 0.6 is 0 Å². The van der Waals surface area contributed by atoms with Gasteiger partial charge in [0, 0.05) is 19.4 Å². The fourth-order valence-electron chi connectivity index (χ4n) is 1.73. The summed E-state index contributed by atoms with van der Waals surface area (Å²) in [6.45, 7) is 0.0872. The van der Waals surface area contributed by atoms with Gasteiger partial charge in [-0.2, -0.15) is 18.3 Å². The molecule has 112 valence electrons. The molecule has 1 heterocycles. The molecule has 1 aromatic rings. The summed E-state index contributed by atoms with van der Waals surface area (Å²) in [6, 6.07) is 4.51. The van der Waals surface area contributed by atoms with Crippen molar-refractivity contribution in [2.75, 3.05) is 0 Å². The summed E-state index contributed by atoms with van der Waals surface area (Å²) in [5, 5.41) is 6.16. The Bertz CT molecular complexity index is 579. The molecule has 0 unspecified atom stereocenters. The second-order valence-electron chi connectivity index (χ2n) is 4.47. The molecule has 0 spiro atoms. The highest BCUT2D eigenvalue weighted by Crippen LogP contribution is 2.28. The number of halogens is 3. The normalized spacial score (nSPS) is 15.2. The van der Waals surface area contributed by atoms with E-state index < -0.39 is 17.6 Å². The van der Waals surface area contributed by atoms with E-state index >= 15 is 0 Å². The molecule has 2 N–H and O–H groups in total. The molecule has 2 rings (SSSR count). The molecule has 2 amide bonds. The second kappa shape index (κ2) is 5.94. The lowest BCUT2D eigenvalue weighted by Gasteiger charge is -2.12. The minimum absolute atomic E-state index is 0.0872. The van der Waals surface area contributed by atoms with Gasteiger partial charge in [0.1, 0.15) is 5.71 Å². The summed E-state index contributed by atoms with van der Waals surface area (Å²) >= 11 is 0. The average Bonchev–Trinajstić information content (AvgIpc) is 2.45. The highest BCUT2D eigenvalue weighted by molar-refractivity contribution is 6.39. The summed E-state index contributed by atoms with van der Waals surface area (Å²) in [7, 11) is 0. The molecule has 21 heavy (non-hydrogen) atoms. The van der Waals surface area contributed by atoms with Crippen LogP contribution in [0.3, 0.4) is 0 Å². The summed E-state index contributed by atoms with van der Waals surface area (Å²) in [6.07, 6.45) is -3.95. The summed E-state index contributed by atoms with van der Waals surface area (Å²) in [5.41, 5.74) is 2.19. The van der Waals surface area contributed by atoms with E-state index in [1.165, 1.54) is 12.1 Å². The third kappa shape index (κ3) is 4.04. The van der Waals surface area contributed by atoms with Gasteiger partial charge in [-0.15, -0.1) is 0 Å². The van der Waals surface area contributed by atoms with E-state index in [1.807, 2.05) is 0 Å². The predicted octanol–water partition coefficient (Wildman–Crippen LogP) is 1.59. The van der Waals surface area contributed by atoms with Crippen molar-refractivity contribution >= 4 is 17.5 Å². The van der Waals surface area contributed by atoms with Crippen LogP contribution in [0.4, 0.5) is 13.2 Å². The molecule has 0 saturated carbocycles. The van der Waals surface area contributed by atoms with Gasteiger partial charge in [0.05, 0.1) is 5.56 Å². The van der Waals surface area contributed by atoms with Gasteiger partial charge in [0.25, 0.3) is 5.91 Å². The fraction of sp³-hybridized carbons (Fsp3) is 0.308. The van der Waals surface area contributed by atoms with Crippen LogP contribution in [0.2, 0.25) is 0 Å². The van der Waals surface area contributed by atoms with Crippen LogP contribution in [0, 0.1) is 0 Å². The lowest BCUT2D eigenvalue weighted by molar-refractivity contribution is -0.137. The van der Waals surface area contributed by atoms with Crippen molar-refractivity contribution in [1.29, 1.82) is 0 Å². The Kier molecular flexibility index (Phi) is 4.25. The van der Waals surface area contributed by atoms with Crippen LogP contribution < -0.4 is 10.7 Å². The maximum absolute atomic E-state index is 12.4. The largest absolute Gasteiger partial charge is 0.416 e. The van der Waals surface area contributed by atoms with Crippen molar-refractivity contribution in [3.63, 3.8) is 0 Å². The molecular formula is C13H12F3N3O2. The SMILES string of the molecule is O=C1CCC(C(=O)NCc2ccc(C(F)(F)F)cc2)=NN1. The van der Waals surface area contributed by atoms with E-state index in [4.69, 9.17) is 0 Å². The molecule has 1 aliphatic rings. The summed E-state index contributed by atoms with van der Waals surface area (Å²) in [5.74, 6) is -0.704. The van der Waals surface area contributed by atoms with Gasteiger partial charge in [-0.25, -0.2) is 5.43 Å². The van der Waals surface area contributed by atoms with Crippen molar-refractivity contribution < 1.29 is 22.8 Å². The first-order valence-corrected chi connectivity index (χ1v) is 6.16. The van der Waals surface area contributed by atoms with Crippen LogP contribution in [0.25, 0.3) is 0 Å². The number of carbonyl (C=O) groups excluding carboxylic acids is 2. The zero-order valence-electron chi connectivity index (χ0n) is 10.8. The third-order valence-electron chi connectivity index (χ3n) is 2.90. The topological polar surface area (TPSA) is 70.6 Å². The van der Waals surface area contributed by atoms with Gasteiger partial charge in [-0.3, -0.25) is 9.59 Å². The number of amides is 2. The van der Waals surface area contributed by atoms with E-state index in [-0.39, 0.29) is 31.0 Å². The second-order valence-corrected chi connectivity index (χ2v) is 4.47. The van der Waals surface area contributed by atoms with E-state index in [0.29, 0.717) is 5.56 Å².